The predicted molar refractivity (Wildman–Crippen MR) is 101 cm³/mol. The van der Waals surface area contributed by atoms with Gasteiger partial charge in [-0.2, -0.15) is 0 Å². The number of rotatable bonds is 7. The third kappa shape index (κ3) is 7.15. The number of amides is 1. The molecule has 0 aromatic heterocycles. The third-order valence-electron chi connectivity index (χ3n) is 3.48. The fraction of sp³-hybridized carbons (Fsp3) is 0.381. The van der Waals surface area contributed by atoms with Crippen molar-refractivity contribution in [3.05, 3.63) is 66.2 Å². The van der Waals surface area contributed by atoms with Crippen molar-refractivity contribution in [3.63, 3.8) is 0 Å². The molecule has 0 unspecified atom stereocenters. The summed E-state index contributed by atoms with van der Waals surface area (Å²) < 4.78 is 11.0. The van der Waals surface area contributed by atoms with Crippen molar-refractivity contribution in [1.29, 1.82) is 0 Å². The summed E-state index contributed by atoms with van der Waals surface area (Å²) in [5.41, 5.74) is 0.367. The predicted octanol–water partition coefficient (Wildman–Crippen LogP) is 3.86. The van der Waals surface area contributed by atoms with Crippen LogP contribution in [0.1, 0.15) is 26.3 Å². The summed E-state index contributed by atoms with van der Waals surface area (Å²) in [6.07, 6.45) is -1.29. The van der Waals surface area contributed by atoms with Gasteiger partial charge in [0, 0.05) is 6.54 Å². The zero-order chi connectivity index (χ0) is 19.0. The van der Waals surface area contributed by atoms with Crippen LogP contribution >= 0.6 is 0 Å². The number of aliphatic hydroxyl groups excluding tert-OH is 1. The molecule has 0 bridgehead atoms. The van der Waals surface area contributed by atoms with Crippen LogP contribution < -0.4 is 4.74 Å². The van der Waals surface area contributed by atoms with Gasteiger partial charge in [-0.05, 0) is 38.5 Å². The van der Waals surface area contributed by atoms with Crippen LogP contribution in [0, 0.1) is 0 Å². The minimum absolute atomic E-state index is 0.0953. The molecule has 2 rings (SSSR count). The van der Waals surface area contributed by atoms with Gasteiger partial charge >= 0.3 is 6.09 Å². The summed E-state index contributed by atoms with van der Waals surface area (Å²) in [6.45, 7) is 6.04. The summed E-state index contributed by atoms with van der Waals surface area (Å²) >= 11 is 0. The number of benzene rings is 2. The Bertz CT molecular complexity index is 667. The maximum Gasteiger partial charge on any atom is 0.410 e. The lowest BCUT2D eigenvalue weighted by atomic mass is 10.2. The van der Waals surface area contributed by atoms with E-state index in [0.717, 1.165) is 5.56 Å². The van der Waals surface area contributed by atoms with E-state index in [1.54, 1.807) is 0 Å². The number of aliphatic hydroxyl groups is 1. The van der Waals surface area contributed by atoms with Gasteiger partial charge in [-0.15, -0.1) is 0 Å². The number of carbonyl (C=O) groups is 1. The minimum atomic E-state index is -0.827. The molecule has 0 saturated carbocycles. The molecule has 26 heavy (non-hydrogen) atoms. The van der Waals surface area contributed by atoms with E-state index in [0.29, 0.717) is 12.3 Å². The van der Waals surface area contributed by atoms with E-state index in [1.165, 1.54) is 4.90 Å². The van der Waals surface area contributed by atoms with Crippen LogP contribution in [0.25, 0.3) is 0 Å². The Hall–Kier alpha value is -2.53. The molecule has 2 aromatic carbocycles. The first-order valence-corrected chi connectivity index (χ1v) is 8.71. The molecule has 1 atom stereocenters. The molecule has 5 heteroatoms. The van der Waals surface area contributed by atoms with Crippen molar-refractivity contribution < 1.29 is 19.4 Å². The Morgan fingerprint density at radius 3 is 2.19 bits per heavy atom. The van der Waals surface area contributed by atoms with Gasteiger partial charge in [0.2, 0.25) is 0 Å². The van der Waals surface area contributed by atoms with E-state index in [2.05, 4.69) is 0 Å². The van der Waals surface area contributed by atoms with Crippen molar-refractivity contribution in [2.75, 3.05) is 13.2 Å². The molecule has 0 fully saturated rings. The molecule has 0 heterocycles. The topological polar surface area (TPSA) is 59.0 Å². The van der Waals surface area contributed by atoms with Crippen molar-refractivity contribution >= 4 is 6.09 Å². The molecule has 0 saturated heterocycles. The Morgan fingerprint density at radius 2 is 1.62 bits per heavy atom. The maximum absolute atomic E-state index is 12.5. The number of hydrogen-bond acceptors (Lipinski definition) is 4. The van der Waals surface area contributed by atoms with Crippen LogP contribution in [0.15, 0.2) is 60.7 Å². The van der Waals surface area contributed by atoms with Gasteiger partial charge in [0.1, 0.15) is 24.1 Å². The summed E-state index contributed by atoms with van der Waals surface area (Å²) in [5, 5.41) is 10.3. The van der Waals surface area contributed by atoms with Gasteiger partial charge in [-0.3, -0.25) is 0 Å². The van der Waals surface area contributed by atoms with Crippen molar-refractivity contribution in [3.8, 4) is 5.75 Å². The van der Waals surface area contributed by atoms with E-state index >= 15 is 0 Å². The first-order chi connectivity index (χ1) is 12.3. The highest BCUT2D eigenvalue weighted by molar-refractivity contribution is 5.68. The molecule has 5 nitrogen and oxygen atoms in total. The molecule has 1 N–H and O–H groups in total. The van der Waals surface area contributed by atoms with E-state index in [4.69, 9.17) is 9.47 Å². The fourth-order valence-corrected chi connectivity index (χ4v) is 2.35. The van der Waals surface area contributed by atoms with E-state index < -0.39 is 17.8 Å². The summed E-state index contributed by atoms with van der Waals surface area (Å²) in [7, 11) is 0. The maximum atomic E-state index is 12.5. The number of carbonyl (C=O) groups excluding carboxylic acids is 1. The van der Waals surface area contributed by atoms with E-state index in [1.807, 2.05) is 81.4 Å². The van der Waals surface area contributed by atoms with Crippen LogP contribution in [0.5, 0.6) is 5.75 Å². The lowest BCUT2D eigenvalue weighted by Gasteiger charge is -2.29. The van der Waals surface area contributed by atoms with Crippen molar-refractivity contribution in [1.82, 2.24) is 4.90 Å². The van der Waals surface area contributed by atoms with Crippen LogP contribution in [0.4, 0.5) is 4.79 Å². The molecule has 0 aliphatic heterocycles. The van der Waals surface area contributed by atoms with Crippen LogP contribution in [-0.4, -0.2) is 41.0 Å². The highest BCUT2D eigenvalue weighted by Gasteiger charge is 2.24. The van der Waals surface area contributed by atoms with Gasteiger partial charge in [0.25, 0.3) is 0 Å². The molecular weight excluding hydrogens is 330 g/mol. The molecule has 0 aliphatic rings. The normalized spacial score (nSPS) is 12.3. The Kier molecular flexibility index (Phi) is 7.04. The second kappa shape index (κ2) is 9.25. The highest BCUT2D eigenvalue weighted by Crippen LogP contribution is 2.14. The SMILES string of the molecule is CC(C)(C)OC(=O)N(Cc1ccccc1)C[C@@H](O)COc1ccccc1. The van der Waals surface area contributed by atoms with Gasteiger partial charge in [-0.25, -0.2) is 4.79 Å². The highest BCUT2D eigenvalue weighted by atomic mass is 16.6. The summed E-state index contributed by atoms with van der Waals surface area (Å²) in [4.78, 5) is 14.0. The van der Waals surface area contributed by atoms with Gasteiger partial charge in [-0.1, -0.05) is 48.5 Å². The average molecular weight is 357 g/mol. The molecule has 140 valence electrons. The first-order valence-electron chi connectivity index (χ1n) is 8.71. The second-order valence-corrected chi connectivity index (χ2v) is 7.12. The van der Waals surface area contributed by atoms with Crippen molar-refractivity contribution in [2.24, 2.45) is 0 Å². The van der Waals surface area contributed by atoms with Crippen LogP contribution in [0.2, 0.25) is 0 Å². The first kappa shape index (κ1) is 19.8. The number of hydrogen-bond donors (Lipinski definition) is 1. The standard InChI is InChI=1S/C21H27NO4/c1-21(2,3)26-20(24)22(14-17-10-6-4-7-11-17)15-18(23)16-25-19-12-8-5-9-13-19/h4-13,18,23H,14-16H2,1-3H3/t18-/m1/s1. The lowest BCUT2D eigenvalue weighted by molar-refractivity contribution is 0.00711. The van der Waals surface area contributed by atoms with E-state index in [-0.39, 0.29) is 13.2 Å². The molecule has 2 aromatic rings. The molecule has 0 aliphatic carbocycles. The van der Waals surface area contributed by atoms with Gasteiger partial charge in [0.15, 0.2) is 0 Å². The zero-order valence-electron chi connectivity index (χ0n) is 15.6. The van der Waals surface area contributed by atoms with Crippen LogP contribution in [-0.2, 0) is 11.3 Å². The van der Waals surface area contributed by atoms with Crippen LogP contribution in [0.3, 0.4) is 0 Å². The Morgan fingerprint density at radius 1 is 1.04 bits per heavy atom. The lowest BCUT2D eigenvalue weighted by Crippen LogP contribution is -2.42. The van der Waals surface area contributed by atoms with E-state index in [9.17, 15) is 9.90 Å². The molecule has 0 spiro atoms. The number of nitrogens with zero attached hydrogens (tertiary/aromatic N) is 1. The summed E-state index contributed by atoms with van der Waals surface area (Å²) in [6, 6.07) is 18.9. The largest absolute Gasteiger partial charge is 0.491 e. The Labute approximate surface area is 155 Å². The number of para-hydroxylation sites is 1. The average Bonchev–Trinajstić information content (AvgIpc) is 2.60. The minimum Gasteiger partial charge on any atom is -0.491 e. The fourth-order valence-electron chi connectivity index (χ4n) is 2.35. The second-order valence-electron chi connectivity index (χ2n) is 7.12. The molecular formula is C21H27NO4. The monoisotopic (exact) mass is 357 g/mol. The van der Waals surface area contributed by atoms with Gasteiger partial charge < -0.3 is 19.5 Å². The third-order valence-corrected chi connectivity index (χ3v) is 3.48. The Balaban J connectivity index is 1.98. The summed E-state index contributed by atoms with van der Waals surface area (Å²) in [5.74, 6) is 0.679. The molecule has 0 radical (unpaired) electrons. The quantitative estimate of drug-likeness (QED) is 0.817. The van der Waals surface area contributed by atoms with Crippen molar-refractivity contribution in [2.45, 2.75) is 39.0 Å². The molecule has 1 amide bonds. The smallest absolute Gasteiger partial charge is 0.410 e. The van der Waals surface area contributed by atoms with Gasteiger partial charge in [0.05, 0.1) is 6.54 Å². The number of ether oxygens (including phenoxy) is 2. The zero-order valence-corrected chi connectivity index (χ0v) is 15.6.